The van der Waals surface area contributed by atoms with E-state index in [1.807, 2.05) is 0 Å². The highest BCUT2D eigenvalue weighted by Gasteiger charge is 2.23. The molecule has 2 aliphatic rings. The van der Waals surface area contributed by atoms with E-state index >= 15 is 0 Å². The molecule has 2 nitrogen and oxygen atoms in total. The van der Waals surface area contributed by atoms with Crippen LogP contribution < -0.4 is 10.1 Å². The summed E-state index contributed by atoms with van der Waals surface area (Å²) in [5.74, 6) is 1.00. The van der Waals surface area contributed by atoms with Crippen LogP contribution in [0.3, 0.4) is 0 Å². The van der Waals surface area contributed by atoms with Gasteiger partial charge in [-0.1, -0.05) is 24.3 Å². The zero-order chi connectivity index (χ0) is 12.2. The van der Waals surface area contributed by atoms with Gasteiger partial charge in [-0.2, -0.15) is 0 Å². The fraction of sp³-hybridized carbons (Fsp3) is 0.500. The summed E-state index contributed by atoms with van der Waals surface area (Å²) in [5, 5.41) is 3.51. The Bertz CT molecular complexity index is 402. The molecule has 18 heavy (non-hydrogen) atoms. The van der Waals surface area contributed by atoms with E-state index in [2.05, 4.69) is 41.7 Å². The van der Waals surface area contributed by atoms with Crippen LogP contribution in [0.2, 0.25) is 0 Å². The fourth-order valence-electron chi connectivity index (χ4n) is 1.91. The molecule has 2 aliphatic carbocycles. The van der Waals surface area contributed by atoms with Crippen molar-refractivity contribution in [3.8, 4) is 5.75 Å². The van der Waals surface area contributed by atoms with Gasteiger partial charge < -0.3 is 10.1 Å². The predicted octanol–water partition coefficient (Wildman–Crippen LogP) is 3.38. The standard InChI is InChI=1S/C16H21NO/c1(2-12-17-14-6-7-14)3-13-4-8-15(9-5-13)18-16-10-11-16/h1,3-5,8-9,14,16-17H,2,6-7,10-12H2/b3-1+. The minimum atomic E-state index is 0.486. The summed E-state index contributed by atoms with van der Waals surface area (Å²) in [7, 11) is 0. The number of rotatable bonds is 7. The van der Waals surface area contributed by atoms with Gasteiger partial charge in [-0.3, -0.25) is 0 Å². The summed E-state index contributed by atoms with van der Waals surface area (Å²) in [6.07, 6.45) is 11.2. The molecule has 2 saturated carbocycles. The smallest absolute Gasteiger partial charge is 0.119 e. The van der Waals surface area contributed by atoms with Crippen molar-refractivity contribution in [2.24, 2.45) is 0 Å². The predicted molar refractivity (Wildman–Crippen MR) is 74.8 cm³/mol. The highest BCUT2D eigenvalue weighted by atomic mass is 16.5. The van der Waals surface area contributed by atoms with Crippen LogP contribution >= 0.6 is 0 Å². The molecule has 1 aromatic rings. The first-order valence-corrected chi connectivity index (χ1v) is 7.07. The third-order valence-electron chi connectivity index (χ3n) is 3.34. The van der Waals surface area contributed by atoms with E-state index < -0.39 is 0 Å². The van der Waals surface area contributed by atoms with Crippen LogP contribution in [0.1, 0.15) is 37.7 Å². The summed E-state index contributed by atoms with van der Waals surface area (Å²) in [4.78, 5) is 0. The van der Waals surface area contributed by atoms with E-state index in [0.29, 0.717) is 6.10 Å². The van der Waals surface area contributed by atoms with Gasteiger partial charge in [0.15, 0.2) is 0 Å². The van der Waals surface area contributed by atoms with Crippen LogP contribution in [0, 0.1) is 0 Å². The lowest BCUT2D eigenvalue weighted by molar-refractivity contribution is 0.303. The topological polar surface area (TPSA) is 21.3 Å². The molecule has 0 saturated heterocycles. The third kappa shape index (κ3) is 3.88. The van der Waals surface area contributed by atoms with Crippen molar-refractivity contribution in [2.75, 3.05) is 6.54 Å². The molecular formula is C16H21NO. The van der Waals surface area contributed by atoms with E-state index in [1.54, 1.807) is 0 Å². The Morgan fingerprint density at radius 3 is 2.56 bits per heavy atom. The Labute approximate surface area is 109 Å². The minimum absolute atomic E-state index is 0.486. The summed E-state index contributed by atoms with van der Waals surface area (Å²) in [5.41, 5.74) is 1.25. The Morgan fingerprint density at radius 2 is 1.89 bits per heavy atom. The molecule has 1 N–H and O–H groups in total. The highest BCUT2D eigenvalue weighted by Crippen LogP contribution is 2.26. The first-order chi connectivity index (χ1) is 8.90. The second-order valence-corrected chi connectivity index (χ2v) is 5.31. The van der Waals surface area contributed by atoms with Gasteiger partial charge in [0, 0.05) is 6.04 Å². The quantitative estimate of drug-likeness (QED) is 0.741. The fourth-order valence-corrected chi connectivity index (χ4v) is 1.91. The minimum Gasteiger partial charge on any atom is -0.490 e. The van der Waals surface area contributed by atoms with Crippen molar-refractivity contribution in [3.63, 3.8) is 0 Å². The van der Waals surface area contributed by atoms with Gasteiger partial charge in [-0.15, -0.1) is 0 Å². The van der Waals surface area contributed by atoms with Crippen LogP contribution in [0.15, 0.2) is 30.3 Å². The van der Waals surface area contributed by atoms with Crippen molar-refractivity contribution in [1.82, 2.24) is 5.32 Å². The van der Waals surface area contributed by atoms with Gasteiger partial charge in [0.1, 0.15) is 5.75 Å². The molecule has 1 aromatic carbocycles. The summed E-state index contributed by atoms with van der Waals surface area (Å²) >= 11 is 0. The zero-order valence-electron chi connectivity index (χ0n) is 10.8. The molecule has 0 amide bonds. The maximum absolute atomic E-state index is 5.72. The monoisotopic (exact) mass is 243 g/mol. The van der Waals surface area contributed by atoms with Crippen LogP contribution in [0.25, 0.3) is 6.08 Å². The van der Waals surface area contributed by atoms with E-state index in [4.69, 9.17) is 4.74 Å². The van der Waals surface area contributed by atoms with Gasteiger partial charge in [0.05, 0.1) is 6.10 Å². The Kier molecular flexibility index (Phi) is 3.65. The highest BCUT2D eigenvalue weighted by molar-refractivity contribution is 5.50. The van der Waals surface area contributed by atoms with Crippen molar-refractivity contribution in [2.45, 2.75) is 44.2 Å². The summed E-state index contributed by atoms with van der Waals surface area (Å²) in [6.45, 7) is 1.10. The van der Waals surface area contributed by atoms with Gasteiger partial charge in [-0.25, -0.2) is 0 Å². The molecule has 0 bridgehead atoms. The molecule has 0 atom stereocenters. The van der Waals surface area contributed by atoms with E-state index in [-0.39, 0.29) is 0 Å². The van der Waals surface area contributed by atoms with Crippen molar-refractivity contribution in [1.29, 1.82) is 0 Å². The molecule has 2 fully saturated rings. The van der Waals surface area contributed by atoms with Crippen molar-refractivity contribution >= 4 is 6.08 Å². The van der Waals surface area contributed by atoms with Gasteiger partial charge in [0.25, 0.3) is 0 Å². The molecular weight excluding hydrogens is 222 g/mol. The SMILES string of the molecule is C(=C\c1ccc(OC2CC2)cc1)/CCNC1CC1. The average molecular weight is 243 g/mol. The molecule has 0 unspecified atom stereocenters. The lowest BCUT2D eigenvalue weighted by Crippen LogP contribution is -2.16. The first kappa shape index (κ1) is 11.8. The third-order valence-corrected chi connectivity index (χ3v) is 3.34. The first-order valence-electron chi connectivity index (χ1n) is 7.07. The number of hydrogen-bond donors (Lipinski definition) is 1. The second-order valence-electron chi connectivity index (χ2n) is 5.31. The van der Waals surface area contributed by atoms with Gasteiger partial charge >= 0.3 is 0 Å². The van der Waals surface area contributed by atoms with Crippen molar-refractivity contribution in [3.05, 3.63) is 35.9 Å². The molecule has 0 aliphatic heterocycles. The van der Waals surface area contributed by atoms with Crippen LogP contribution in [-0.2, 0) is 0 Å². The summed E-state index contributed by atoms with van der Waals surface area (Å²) in [6, 6.07) is 9.21. The van der Waals surface area contributed by atoms with Crippen LogP contribution in [0.5, 0.6) is 5.75 Å². The van der Waals surface area contributed by atoms with Crippen LogP contribution in [0.4, 0.5) is 0 Å². The average Bonchev–Trinajstić information content (AvgIpc) is 3.24. The number of nitrogens with one attached hydrogen (secondary N) is 1. The Balaban J connectivity index is 1.41. The largest absolute Gasteiger partial charge is 0.490 e. The zero-order valence-corrected chi connectivity index (χ0v) is 10.8. The number of benzene rings is 1. The Morgan fingerprint density at radius 1 is 1.11 bits per heavy atom. The van der Waals surface area contributed by atoms with E-state index in [9.17, 15) is 0 Å². The lowest BCUT2D eigenvalue weighted by Gasteiger charge is -2.03. The molecule has 0 aromatic heterocycles. The maximum atomic E-state index is 5.72. The van der Waals surface area contributed by atoms with E-state index in [1.165, 1.54) is 31.2 Å². The molecule has 96 valence electrons. The lowest BCUT2D eigenvalue weighted by atomic mass is 10.2. The maximum Gasteiger partial charge on any atom is 0.119 e. The summed E-state index contributed by atoms with van der Waals surface area (Å²) < 4.78 is 5.72. The molecule has 0 spiro atoms. The second kappa shape index (κ2) is 5.57. The van der Waals surface area contributed by atoms with Crippen LogP contribution in [-0.4, -0.2) is 18.7 Å². The van der Waals surface area contributed by atoms with Crippen molar-refractivity contribution < 1.29 is 4.74 Å². The van der Waals surface area contributed by atoms with Gasteiger partial charge in [0.2, 0.25) is 0 Å². The Hall–Kier alpha value is -1.28. The van der Waals surface area contributed by atoms with E-state index in [0.717, 1.165) is 24.8 Å². The number of hydrogen-bond acceptors (Lipinski definition) is 2. The van der Waals surface area contributed by atoms with Gasteiger partial charge in [-0.05, 0) is 56.3 Å². The molecule has 3 rings (SSSR count). The normalized spacial score (nSPS) is 19.3. The molecule has 0 radical (unpaired) electrons. The number of ether oxygens (including phenoxy) is 1. The molecule has 2 heteroatoms. The molecule has 0 heterocycles.